The van der Waals surface area contributed by atoms with Crippen LogP contribution in [0.3, 0.4) is 0 Å². The van der Waals surface area contributed by atoms with Crippen LogP contribution in [-0.2, 0) is 4.79 Å². The second-order valence-electron chi connectivity index (χ2n) is 7.48. The molecule has 0 saturated carbocycles. The van der Waals surface area contributed by atoms with Crippen LogP contribution in [0, 0.1) is 5.92 Å². The van der Waals surface area contributed by atoms with E-state index in [1.807, 2.05) is 0 Å². The minimum atomic E-state index is -0.631. The van der Waals surface area contributed by atoms with Crippen molar-refractivity contribution < 1.29 is 9.90 Å². The van der Waals surface area contributed by atoms with Gasteiger partial charge in [-0.05, 0) is 37.1 Å². The summed E-state index contributed by atoms with van der Waals surface area (Å²) in [5.41, 5.74) is 2.67. The van der Waals surface area contributed by atoms with Crippen molar-refractivity contribution >= 4 is 18.4 Å². The molecule has 27 heavy (non-hydrogen) atoms. The highest BCUT2D eigenvalue weighted by atomic mass is 35.5. The third kappa shape index (κ3) is 4.34. The SMILES string of the molecule is Cl.O=C(O)C1CCN(C2CN(C(c3ccccc3)c3ccccc3)C2)CC1. The van der Waals surface area contributed by atoms with E-state index in [0.717, 1.165) is 39.0 Å². The number of benzene rings is 2. The molecule has 0 unspecified atom stereocenters. The minimum Gasteiger partial charge on any atom is -0.481 e. The zero-order chi connectivity index (χ0) is 17.9. The van der Waals surface area contributed by atoms with E-state index < -0.39 is 5.97 Å². The summed E-state index contributed by atoms with van der Waals surface area (Å²) in [5, 5.41) is 9.17. The molecule has 1 N–H and O–H groups in total. The Balaban J connectivity index is 0.00000210. The van der Waals surface area contributed by atoms with Crippen LogP contribution >= 0.6 is 12.4 Å². The first kappa shape index (κ1) is 19.9. The fourth-order valence-electron chi connectivity index (χ4n) is 4.33. The van der Waals surface area contributed by atoms with E-state index in [2.05, 4.69) is 70.5 Å². The molecule has 2 aliphatic rings. The van der Waals surface area contributed by atoms with Crippen molar-refractivity contribution in [1.82, 2.24) is 9.80 Å². The molecule has 0 aromatic heterocycles. The average Bonchev–Trinajstić information content (AvgIpc) is 2.66. The largest absolute Gasteiger partial charge is 0.481 e. The van der Waals surface area contributed by atoms with Crippen molar-refractivity contribution in [3.05, 3.63) is 71.8 Å². The molecule has 2 heterocycles. The van der Waals surface area contributed by atoms with Gasteiger partial charge in [0.15, 0.2) is 0 Å². The van der Waals surface area contributed by atoms with Crippen molar-refractivity contribution in [3.8, 4) is 0 Å². The molecule has 2 aromatic rings. The van der Waals surface area contributed by atoms with Gasteiger partial charge in [-0.3, -0.25) is 14.6 Å². The molecule has 0 spiro atoms. The molecule has 4 rings (SSSR count). The van der Waals surface area contributed by atoms with E-state index in [1.54, 1.807) is 0 Å². The number of hydrogen-bond donors (Lipinski definition) is 1. The summed E-state index contributed by atoms with van der Waals surface area (Å²) in [7, 11) is 0. The summed E-state index contributed by atoms with van der Waals surface area (Å²) < 4.78 is 0. The van der Waals surface area contributed by atoms with Gasteiger partial charge in [-0.2, -0.15) is 0 Å². The molecule has 0 radical (unpaired) electrons. The summed E-state index contributed by atoms with van der Waals surface area (Å²) in [6.07, 6.45) is 1.57. The number of piperidine rings is 1. The van der Waals surface area contributed by atoms with E-state index in [1.165, 1.54) is 11.1 Å². The topological polar surface area (TPSA) is 43.8 Å². The van der Waals surface area contributed by atoms with E-state index in [0.29, 0.717) is 12.1 Å². The Labute approximate surface area is 167 Å². The van der Waals surface area contributed by atoms with Gasteiger partial charge < -0.3 is 5.11 Å². The highest BCUT2D eigenvalue weighted by Crippen LogP contribution is 2.34. The Morgan fingerprint density at radius 1 is 0.889 bits per heavy atom. The smallest absolute Gasteiger partial charge is 0.306 e. The average molecular weight is 387 g/mol. The summed E-state index contributed by atoms with van der Waals surface area (Å²) in [6.45, 7) is 3.92. The van der Waals surface area contributed by atoms with Gasteiger partial charge >= 0.3 is 5.97 Å². The first-order valence-corrected chi connectivity index (χ1v) is 9.53. The molecular formula is C22H27ClN2O2. The molecule has 0 bridgehead atoms. The highest BCUT2D eigenvalue weighted by Gasteiger charge is 2.38. The number of likely N-dealkylation sites (tertiary alicyclic amines) is 2. The molecular weight excluding hydrogens is 360 g/mol. The molecule has 0 atom stereocenters. The van der Waals surface area contributed by atoms with Crippen LogP contribution in [0.1, 0.15) is 30.0 Å². The molecule has 2 saturated heterocycles. The Morgan fingerprint density at radius 3 is 1.81 bits per heavy atom. The maximum absolute atomic E-state index is 11.1. The van der Waals surface area contributed by atoms with Crippen LogP contribution in [0.4, 0.5) is 0 Å². The first-order chi connectivity index (χ1) is 12.7. The van der Waals surface area contributed by atoms with Crippen molar-refractivity contribution in [1.29, 1.82) is 0 Å². The van der Waals surface area contributed by atoms with Gasteiger partial charge in [0.05, 0.1) is 12.0 Å². The molecule has 2 aliphatic heterocycles. The number of nitrogens with zero attached hydrogens (tertiary/aromatic N) is 2. The maximum atomic E-state index is 11.1. The van der Waals surface area contributed by atoms with Crippen LogP contribution in [0.5, 0.6) is 0 Å². The molecule has 144 valence electrons. The van der Waals surface area contributed by atoms with Gasteiger partial charge in [0.25, 0.3) is 0 Å². The second-order valence-corrected chi connectivity index (χ2v) is 7.48. The monoisotopic (exact) mass is 386 g/mol. The van der Waals surface area contributed by atoms with Gasteiger partial charge in [-0.15, -0.1) is 12.4 Å². The summed E-state index contributed by atoms with van der Waals surface area (Å²) >= 11 is 0. The summed E-state index contributed by atoms with van der Waals surface area (Å²) in [4.78, 5) is 16.2. The number of carbonyl (C=O) groups is 1. The molecule has 5 heteroatoms. The molecule has 0 aliphatic carbocycles. The first-order valence-electron chi connectivity index (χ1n) is 9.53. The lowest BCUT2D eigenvalue weighted by atomic mass is 9.90. The van der Waals surface area contributed by atoms with Crippen molar-refractivity contribution in [2.45, 2.75) is 24.9 Å². The molecule has 0 amide bonds. The Hall–Kier alpha value is -1.88. The third-order valence-corrected chi connectivity index (χ3v) is 5.88. The van der Waals surface area contributed by atoms with Gasteiger partial charge in [-0.1, -0.05) is 60.7 Å². The predicted octanol–water partition coefficient (Wildman–Crippen LogP) is 3.68. The standard InChI is InChI=1S/C22H26N2O2.ClH/c25-22(26)19-11-13-23(14-12-19)20-15-24(16-20)21(17-7-3-1-4-8-17)18-9-5-2-6-10-18;/h1-10,19-21H,11-16H2,(H,25,26);1H. The normalized spacial score (nSPS) is 19.4. The highest BCUT2D eigenvalue weighted by molar-refractivity contribution is 5.85. The van der Waals surface area contributed by atoms with Crippen LogP contribution < -0.4 is 0 Å². The second kappa shape index (κ2) is 8.87. The van der Waals surface area contributed by atoms with E-state index >= 15 is 0 Å². The van der Waals surface area contributed by atoms with Crippen LogP contribution in [-0.4, -0.2) is 53.1 Å². The lowest BCUT2D eigenvalue weighted by molar-refractivity contribution is -0.143. The summed E-state index contributed by atoms with van der Waals surface area (Å²) in [5.74, 6) is -0.781. The lowest BCUT2D eigenvalue weighted by Crippen LogP contribution is -2.61. The lowest BCUT2D eigenvalue weighted by Gasteiger charge is -2.50. The minimum absolute atomic E-state index is 0. The molecule has 2 fully saturated rings. The number of hydrogen-bond acceptors (Lipinski definition) is 3. The number of carboxylic acids is 1. The van der Waals surface area contributed by atoms with E-state index in [-0.39, 0.29) is 18.3 Å². The fourth-order valence-corrected chi connectivity index (χ4v) is 4.33. The Morgan fingerprint density at radius 2 is 1.37 bits per heavy atom. The molecule has 2 aromatic carbocycles. The Kier molecular flexibility index (Phi) is 6.53. The third-order valence-electron chi connectivity index (χ3n) is 5.88. The number of rotatable bonds is 5. The van der Waals surface area contributed by atoms with Gasteiger partial charge in [-0.25, -0.2) is 0 Å². The van der Waals surface area contributed by atoms with Crippen LogP contribution in [0.25, 0.3) is 0 Å². The van der Waals surface area contributed by atoms with Crippen molar-refractivity contribution in [2.75, 3.05) is 26.2 Å². The maximum Gasteiger partial charge on any atom is 0.306 e. The number of aliphatic carboxylic acids is 1. The number of carboxylic acid groups (broad SMARTS) is 1. The van der Waals surface area contributed by atoms with Crippen LogP contribution in [0.15, 0.2) is 60.7 Å². The zero-order valence-electron chi connectivity index (χ0n) is 15.4. The van der Waals surface area contributed by atoms with Crippen LogP contribution in [0.2, 0.25) is 0 Å². The quantitative estimate of drug-likeness (QED) is 0.851. The summed E-state index contributed by atoms with van der Waals surface area (Å²) in [6, 6.07) is 22.3. The fraction of sp³-hybridized carbons (Fsp3) is 0.409. The zero-order valence-corrected chi connectivity index (χ0v) is 16.2. The van der Waals surface area contributed by atoms with Gasteiger partial charge in [0.2, 0.25) is 0 Å². The predicted molar refractivity (Wildman–Crippen MR) is 109 cm³/mol. The van der Waals surface area contributed by atoms with Gasteiger partial charge in [0, 0.05) is 19.1 Å². The van der Waals surface area contributed by atoms with Crippen molar-refractivity contribution in [3.63, 3.8) is 0 Å². The van der Waals surface area contributed by atoms with E-state index in [9.17, 15) is 9.90 Å². The van der Waals surface area contributed by atoms with E-state index in [4.69, 9.17) is 0 Å². The number of halogens is 1. The Bertz CT molecular complexity index is 687. The van der Waals surface area contributed by atoms with Crippen molar-refractivity contribution in [2.24, 2.45) is 5.92 Å². The molecule has 4 nitrogen and oxygen atoms in total. The van der Waals surface area contributed by atoms with Gasteiger partial charge in [0.1, 0.15) is 0 Å².